The van der Waals surface area contributed by atoms with Gasteiger partial charge in [-0.05, 0) is 30.5 Å². The van der Waals surface area contributed by atoms with E-state index in [1.165, 1.54) is 0 Å². The van der Waals surface area contributed by atoms with Crippen LogP contribution < -0.4 is 15.5 Å². The molecule has 7 nitrogen and oxygen atoms in total. The van der Waals surface area contributed by atoms with E-state index in [0.717, 1.165) is 24.3 Å². The maximum Gasteiger partial charge on any atom is 0.511 e. The van der Waals surface area contributed by atoms with Gasteiger partial charge < -0.3 is 15.5 Å². The largest absolute Gasteiger partial charge is 0.511 e. The number of anilines is 1. The predicted molar refractivity (Wildman–Crippen MR) is 111 cm³/mol. The zero-order valence-corrected chi connectivity index (χ0v) is 17.5. The maximum absolute atomic E-state index is 12.7. The molecule has 0 saturated carbocycles. The second-order valence-corrected chi connectivity index (χ2v) is 9.17. The molecular formula is C19H26F3N5O2S. The van der Waals surface area contributed by atoms with Crippen LogP contribution in [0, 0.1) is 0 Å². The van der Waals surface area contributed by atoms with Crippen LogP contribution in [0.15, 0.2) is 41.4 Å². The van der Waals surface area contributed by atoms with Gasteiger partial charge in [0, 0.05) is 51.5 Å². The summed E-state index contributed by atoms with van der Waals surface area (Å²) >= 11 is 0. The zero-order chi connectivity index (χ0) is 21.8. The predicted octanol–water partition coefficient (Wildman–Crippen LogP) is 2.04. The number of guanidine groups is 1. The average molecular weight is 446 g/mol. The van der Waals surface area contributed by atoms with Gasteiger partial charge in [0.1, 0.15) is 0 Å². The number of hydrogen-bond acceptors (Lipinski definition) is 4. The van der Waals surface area contributed by atoms with E-state index in [2.05, 4.69) is 44.8 Å². The van der Waals surface area contributed by atoms with Crippen molar-refractivity contribution in [3.05, 3.63) is 42.0 Å². The summed E-state index contributed by atoms with van der Waals surface area (Å²) < 4.78 is 61.5. The molecule has 2 N–H and O–H groups in total. The summed E-state index contributed by atoms with van der Waals surface area (Å²) in [5.41, 5.74) is -3.03. The highest BCUT2D eigenvalue weighted by Crippen LogP contribution is 2.29. The van der Waals surface area contributed by atoms with Gasteiger partial charge in [-0.2, -0.15) is 17.5 Å². The van der Waals surface area contributed by atoms with Crippen LogP contribution in [-0.2, 0) is 16.6 Å². The summed E-state index contributed by atoms with van der Waals surface area (Å²) in [6, 6.07) is 8.05. The SMILES string of the molecule is CN=C(NCc1ccc(N2CC=CC2)cc1)NC1CCN(S(=O)(=O)C(F)(F)F)CC1. The van der Waals surface area contributed by atoms with Crippen molar-refractivity contribution in [2.75, 3.05) is 38.1 Å². The van der Waals surface area contributed by atoms with Crippen LogP contribution in [0.2, 0.25) is 0 Å². The first-order chi connectivity index (χ1) is 14.2. The third-order valence-electron chi connectivity index (χ3n) is 5.23. The first kappa shape index (κ1) is 22.4. The number of hydrogen-bond donors (Lipinski definition) is 2. The normalized spacial score (nSPS) is 19.3. The molecule has 11 heteroatoms. The second kappa shape index (κ2) is 9.25. The van der Waals surface area contributed by atoms with E-state index >= 15 is 0 Å². The van der Waals surface area contributed by atoms with E-state index in [1.807, 2.05) is 12.1 Å². The Labute approximate surface area is 174 Å². The summed E-state index contributed by atoms with van der Waals surface area (Å²) in [5, 5.41) is 6.35. The third-order valence-corrected chi connectivity index (χ3v) is 6.86. The van der Waals surface area contributed by atoms with Crippen molar-refractivity contribution < 1.29 is 21.6 Å². The number of nitrogens with zero attached hydrogens (tertiary/aromatic N) is 3. The molecule has 2 aliphatic rings. The number of nitrogens with one attached hydrogen (secondary N) is 2. The van der Waals surface area contributed by atoms with Gasteiger partial charge in [-0.1, -0.05) is 24.3 Å². The molecule has 2 aliphatic heterocycles. The van der Waals surface area contributed by atoms with E-state index < -0.39 is 15.5 Å². The van der Waals surface area contributed by atoms with E-state index in [-0.39, 0.29) is 32.0 Å². The lowest BCUT2D eigenvalue weighted by Gasteiger charge is -2.32. The molecule has 0 radical (unpaired) electrons. The Morgan fingerprint density at radius 3 is 2.27 bits per heavy atom. The maximum atomic E-state index is 12.7. The molecule has 1 saturated heterocycles. The summed E-state index contributed by atoms with van der Waals surface area (Å²) in [7, 11) is -3.65. The smallest absolute Gasteiger partial charge is 0.364 e. The summed E-state index contributed by atoms with van der Waals surface area (Å²) in [6.07, 6.45) is 4.81. The standard InChI is InChI=1S/C19H26F3N5O2S/c1-23-18(24-14-15-4-6-17(7-5-15)26-10-2-3-11-26)25-16-8-12-27(13-9-16)30(28,29)19(20,21)22/h2-7,16H,8-14H2,1H3,(H2,23,24,25). The van der Waals surface area contributed by atoms with Crippen molar-refractivity contribution in [2.24, 2.45) is 4.99 Å². The molecule has 0 aromatic heterocycles. The number of rotatable bonds is 5. The number of benzene rings is 1. The molecule has 3 rings (SSSR count). The topological polar surface area (TPSA) is 77.0 Å². The number of alkyl halides is 3. The molecule has 0 atom stereocenters. The van der Waals surface area contributed by atoms with Gasteiger partial charge in [0.05, 0.1) is 0 Å². The van der Waals surface area contributed by atoms with E-state index in [0.29, 0.717) is 16.8 Å². The van der Waals surface area contributed by atoms with Gasteiger partial charge in [0.25, 0.3) is 0 Å². The minimum atomic E-state index is -5.26. The molecule has 0 spiro atoms. The van der Waals surface area contributed by atoms with Crippen LogP contribution in [0.1, 0.15) is 18.4 Å². The van der Waals surface area contributed by atoms with Crippen LogP contribution >= 0.6 is 0 Å². The molecule has 30 heavy (non-hydrogen) atoms. The van der Waals surface area contributed by atoms with Crippen LogP contribution in [0.5, 0.6) is 0 Å². The van der Waals surface area contributed by atoms with Gasteiger partial charge in [-0.25, -0.2) is 8.42 Å². The summed E-state index contributed by atoms with van der Waals surface area (Å²) in [4.78, 5) is 6.40. The quantitative estimate of drug-likeness (QED) is 0.412. The number of halogens is 3. The minimum Gasteiger partial charge on any atom is -0.364 e. The first-order valence-electron chi connectivity index (χ1n) is 9.73. The van der Waals surface area contributed by atoms with Gasteiger partial charge in [-0.3, -0.25) is 4.99 Å². The van der Waals surface area contributed by atoms with Crippen molar-refractivity contribution in [3.63, 3.8) is 0 Å². The Hall–Kier alpha value is -2.27. The fraction of sp³-hybridized carbons (Fsp3) is 0.526. The van der Waals surface area contributed by atoms with Gasteiger partial charge in [-0.15, -0.1) is 0 Å². The van der Waals surface area contributed by atoms with Crippen LogP contribution in [-0.4, -0.2) is 63.5 Å². The lowest BCUT2D eigenvalue weighted by atomic mass is 10.1. The lowest BCUT2D eigenvalue weighted by Crippen LogP contribution is -2.51. The van der Waals surface area contributed by atoms with Crippen molar-refractivity contribution in [2.45, 2.75) is 30.9 Å². The van der Waals surface area contributed by atoms with Gasteiger partial charge >= 0.3 is 15.5 Å². The Morgan fingerprint density at radius 1 is 1.13 bits per heavy atom. The van der Waals surface area contributed by atoms with Crippen molar-refractivity contribution in [1.82, 2.24) is 14.9 Å². The molecule has 0 aliphatic carbocycles. The van der Waals surface area contributed by atoms with Gasteiger partial charge in [0.15, 0.2) is 5.96 Å². The Bertz CT molecular complexity index is 868. The molecule has 0 bridgehead atoms. The third kappa shape index (κ3) is 5.25. The Kier molecular flexibility index (Phi) is 6.91. The molecule has 166 valence electrons. The Morgan fingerprint density at radius 2 is 1.73 bits per heavy atom. The number of piperidine rings is 1. The summed E-state index contributed by atoms with van der Waals surface area (Å²) in [5.74, 6) is 0.528. The Balaban J connectivity index is 1.46. The fourth-order valence-corrected chi connectivity index (χ4v) is 4.46. The molecule has 0 unspecified atom stereocenters. The highest BCUT2D eigenvalue weighted by molar-refractivity contribution is 7.90. The number of sulfonamides is 1. The van der Waals surface area contributed by atoms with Crippen molar-refractivity contribution in [1.29, 1.82) is 0 Å². The van der Waals surface area contributed by atoms with Crippen LogP contribution in [0.25, 0.3) is 0 Å². The zero-order valence-electron chi connectivity index (χ0n) is 16.7. The molecule has 2 heterocycles. The van der Waals surface area contributed by atoms with E-state index in [4.69, 9.17) is 0 Å². The molecular weight excluding hydrogens is 419 g/mol. The highest BCUT2D eigenvalue weighted by Gasteiger charge is 2.50. The molecule has 1 fully saturated rings. The minimum absolute atomic E-state index is 0.152. The van der Waals surface area contributed by atoms with Crippen LogP contribution in [0.4, 0.5) is 18.9 Å². The fourth-order valence-electron chi connectivity index (χ4n) is 3.47. The lowest BCUT2D eigenvalue weighted by molar-refractivity contribution is -0.0494. The van der Waals surface area contributed by atoms with Crippen molar-refractivity contribution in [3.8, 4) is 0 Å². The van der Waals surface area contributed by atoms with E-state index in [1.54, 1.807) is 7.05 Å². The second-order valence-electron chi connectivity index (χ2n) is 7.24. The average Bonchev–Trinajstić information content (AvgIpc) is 3.26. The monoisotopic (exact) mass is 445 g/mol. The van der Waals surface area contributed by atoms with Crippen molar-refractivity contribution >= 4 is 21.7 Å². The molecule has 1 aromatic rings. The van der Waals surface area contributed by atoms with E-state index in [9.17, 15) is 21.6 Å². The molecule has 1 aromatic carbocycles. The van der Waals surface area contributed by atoms with Crippen LogP contribution in [0.3, 0.4) is 0 Å². The van der Waals surface area contributed by atoms with Gasteiger partial charge in [0.2, 0.25) is 0 Å². The highest BCUT2D eigenvalue weighted by atomic mass is 32.2. The number of aliphatic imine (C=N–C) groups is 1. The first-order valence-corrected chi connectivity index (χ1v) is 11.2. The summed E-state index contributed by atoms with van der Waals surface area (Å²) in [6.45, 7) is 2.01. The molecule has 0 amide bonds.